The number of hydrazone groups is 1. The Kier molecular flexibility index (Phi) is 9.40. The third-order valence-electron chi connectivity index (χ3n) is 7.50. The number of amides is 2. The molecule has 14 heteroatoms. The number of hydrogen-bond donors (Lipinski definition) is 1. The summed E-state index contributed by atoms with van der Waals surface area (Å²) in [6.45, 7) is 2.00. The maximum absolute atomic E-state index is 13.8. The highest BCUT2D eigenvalue weighted by molar-refractivity contribution is 7.99. The molecular weight excluding hydrogens is 639 g/mol. The zero-order valence-corrected chi connectivity index (χ0v) is 27.0. The van der Waals surface area contributed by atoms with Gasteiger partial charge in [-0.2, -0.15) is 5.10 Å². The van der Waals surface area contributed by atoms with E-state index in [0.717, 1.165) is 33.2 Å². The second kappa shape index (κ2) is 14.0. The molecule has 0 fully saturated rings. The van der Waals surface area contributed by atoms with Crippen molar-refractivity contribution in [1.29, 1.82) is 0 Å². The second-order valence-electron chi connectivity index (χ2n) is 10.6. The number of aromatic nitrogens is 3. The normalized spacial score (nSPS) is 14.1. The minimum atomic E-state index is -0.520. The van der Waals surface area contributed by atoms with E-state index in [-0.39, 0.29) is 35.5 Å². The Morgan fingerprint density at radius 1 is 1.06 bits per heavy atom. The number of nitro benzene ring substituents is 1. The van der Waals surface area contributed by atoms with Crippen LogP contribution in [-0.2, 0) is 11.3 Å². The van der Waals surface area contributed by atoms with Gasteiger partial charge in [0.25, 0.3) is 17.5 Å². The van der Waals surface area contributed by atoms with E-state index in [9.17, 15) is 19.7 Å². The highest BCUT2D eigenvalue weighted by Gasteiger charge is 2.34. The van der Waals surface area contributed by atoms with Gasteiger partial charge < -0.3 is 10.1 Å². The van der Waals surface area contributed by atoms with Crippen molar-refractivity contribution >= 4 is 46.3 Å². The summed E-state index contributed by atoms with van der Waals surface area (Å²) in [5, 5.41) is 31.3. The molecule has 0 unspecified atom stereocenters. The SMILES string of the molecule is COc1ccc([C@H]2CC(c3cccs3)=NN2C(=O)CSc2nnc(CNC(=O)c3ccc([N+](=O)[O-])cc3)n2-c2cccc(C)c2)cc1. The molecule has 3 heterocycles. The van der Waals surface area contributed by atoms with Crippen molar-refractivity contribution in [2.75, 3.05) is 12.9 Å². The van der Waals surface area contributed by atoms with Crippen molar-refractivity contribution in [3.8, 4) is 11.4 Å². The largest absolute Gasteiger partial charge is 0.497 e. The van der Waals surface area contributed by atoms with Crippen molar-refractivity contribution in [3.63, 3.8) is 0 Å². The van der Waals surface area contributed by atoms with Crippen LogP contribution in [0.5, 0.6) is 5.75 Å². The van der Waals surface area contributed by atoms with Crippen molar-refractivity contribution in [1.82, 2.24) is 25.1 Å². The number of methoxy groups -OCH3 is 1. The molecule has 0 spiro atoms. The van der Waals surface area contributed by atoms with Crippen LogP contribution in [0.2, 0.25) is 0 Å². The molecule has 1 aliphatic heterocycles. The molecule has 1 atom stereocenters. The van der Waals surface area contributed by atoms with Gasteiger partial charge >= 0.3 is 0 Å². The van der Waals surface area contributed by atoms with Gasteiger partial charge in [-0.1, -0.05) is 42.1 Å². The maximum atomic E-state index is 13.8. The molecule has 3 aromatic carbocycles. The summed E-state index contributed by atoms with van der Waals surface area (Å²) in [6, 6.07) is 24.5. The molecule has 2 aromatic heterocycles. The van der Waals surface area contributed by atoms with E-state index in [1.54, 1.807) is 23.5 Å². The molecule has 0 saturated heterocycles. The van der Waals surface area contributed by atoms with Gasteiger partial charge in [0, 0.05) is 29.8 Å². The highest BCUT2D eigenvalue weighted by atomic mass is 32.2. The van der Waals surface area contributed by atoms with E-state index in [1.165, 1.54) is 36.0 Å². The lowest BCUT2D eigenvalue weighted by atomic mass is 10.0. The standard InChI is InChI=1S/C33H29N7O5S2/c1-21-5-3-6-25(17-21)38-30(19-34-32(42)23-8-12-24(13-9-23)40(43)44)35-36-33(38)47-20-31(41)39-28(22-10-14-26(45-2)15-11-22)18-27(37-39)29-7-4-16-46-29/h3-17,28H,18-20H2,1-2H3,(H,34,42)/t28-/m1/s1. The third-order valence-corrected chi connectivity index (χ3v) is 9.34. The van der Waals surface area contributed by atoms with E-state index < -0.39 is 10.8 Å². The highest BCUT2D eigenvalue weighted by Crippen LogP contribution is 2.35. The number of hydrogen-bond acceptors (Lipinski definition) is 10. The van der Waals surface area contributed by atoms with E-state index in [2.05, 4.69) is 15.5 Å². The molecular formula is C33H29N7O5S2. The second-order valence-corrected chi connectivity index (χ2v) is 12.5. The van der Waals surface area contributed by atoms with Crippen LogP contribution < -0.4 is 10.1 Å². The fourth-order valence-electron chi connectivity index (χ4n) is 5.14. The van der Waals surface area contributed by atoms with E-state index in [0.29, 0.717) is 17.4 Å². The topological polar surface area (TPSA) is 145 Å². The smallest absolute Gasteiger partial charge is 0.269 e. The maximum Gasteiger partial charge on any atom is 0.269 e. The van der Waals surface area contributed by atoms with Gasteiger partial charge in [-0.25, -0.2) is 5.01 Å². The van der Waals surface area contributed by atoms with Crippen molar-refractivity contribution in [3.05, 3.63) is 128 Å². The fraction of sp³-hybridized carbons (Fsp3) is 0.182. The molecule has 0 radical (unpaired) electrons. The number of nitrogens with zero attached hydrogens (tertiary/aromatic N) is 6. The van der Waals surface area contributed by atoms with Crippen LogP contribution in [0.4, 0.5) is 5.69 Å². The molecule has 1 aliphatic rings. The summed E-state index contributed by atoms with van der Waals surface area (Å²) in [4.78, 5) is 38.1. The summed E-state index contributed by atoms with van der Waals surface area (Å²) < 4.78 is 7.14. The Hall–Kier alpha value is -5.34. The number of thiophene rings is 1. The number of nitrogens with one attached hydrogen (secondary N) is 1. The Bertz CT molecular complexity index is 1940. The molecule has 6 rings (SSSR count). The Morgan fingerprint density at radius 3 is 2.53 bits per heavy atom. The quantitative estimate of drug-likeness (QED) is 0.103. The average molecular weight is 668 g/mol. The number of carbonyl (C=O) groups is 2. The molecule has 47 heavy (non-hydrogen) atoms. The molecule has 1 N–H and O–H groups in total. The van der Waals surface area contributed by atoms with Gasteiger partial charge in [0.2, 0.25) is 0 Å². The number of rotatable bonds is 11. The summed E-state index contributed by atoms with van der Waals surface area (Å²) in [5.41, 5.74) is 3.77. The van der Waals surface area contributed by atoms with Crippen molar-refractivity contribution in [2.24, 2.45) is 5.10 Å². The fourth-order valence-corrected chi connectivity index (χ4v) is 6.68. The zero-order valence-electron chi connectivity index (χ0n) is 25.4. The van der Waals surface area contributed by atoms with Crippen LogP contribution in [0.15, 0.2) is 101 Å². The van der Waals surface area contributed by atoms with Crippen molar-refractivity contribution in [2.45, 2.75) is 31.1 Å². The Balaban J connectivity index is 1.22. The lowest BCUT2D eigenvalue weighted by molar-refractivity contribution is -0.384. The van der Waals surface area contributed by atoms with Gasteiger partial charge in [0.1, 0.15) is 5.75 Å². The van der Waals surface area contributed by atoms with E-state index in [4.69, 9.17) is 9.84 Å². The molecule has 2 amide bonds. The van der Waals surface area contributed by atoms with Crippen LogP contribution in [-0.4, -0.2) is 55.1 Å². The average Bonchev–Trinajstić information content (AvgIpc) is 3.86. The van der Waals surface area contributed by atoms with Gasteiger partial charge in [-0.3, -0.25) is 24.3 Å². The number of non-ortho nitro benzene ring substituents is 1. The van der Waals surface area contributed by atoms with Crippen molar-refractivity contribution < 1.29 is 19.2 Å². The first-order valence-corrected chi connectivity index (χ1v) is 16.4. The van der Waals surface area contributed by atoms with Crippen LogP contribution in [0, 0.1) is 17.0 Å². The summed E-state index contributed by atoms with van der Waals surface area (Å²) in [6.07, 6.45) is 0.585. The minimum Gasteiger partial charge on any atom is -0.497 e. The monoisotopic (exact) mass is 667 g/mol. The summed E-state index contributed by atoms with van der Waals surface area (Å²) in [5.74, 6) is 0.633. The number of nitro groups is 1. The van der Waals surface area contributed by atoms with Crippen LogP contribution >= 0.6 is 23.1 Å². The number of benzene rings is 3. The van der Waals surface area contributed by atoms with Gasteiger partial charge in [0.05, 0.1) is 41.0 Å². The molecule has 5 aromatic rings. The lowest BCUT2D eigenvalue weighted by Crippen LogP contribution is -2.28. The molecule has 0 aliphatic carbocycles. The summed E-state index contributed by atoms with van der Waals surface area (Å²) in [7, 11) is 1.61. The zero-order chi connectivity index (χ0) is 32.9. The van der Waals surface area contributed by atoms with Crippen LogP contribution in [0.25, 0.3) is 5.69 Å². The molecule has 12 nitrogen and oxygen atoms in total. The first-order valence-electron chi connectivity index (χ1n) is 14.5. The summed E-state index contributed by atoms with van der Waals surface area (Å²) >= 11 is 2.82. The van der Waals surface area contributed by atoms with Gasteiger partial charge in [-0.15, -0.1) is 21.5 Å². The van der Waals surface area contributed by atoms with E-state index >= 15 is 0 Å². The third kappa shape index (κ3) is 7.08. The number of thioether (sulfide) groups is 1. The lowest BCUT2D eigenvalue weighted by Gasteiger charge is -2.22. The predicted molar refractivity (Wildman–Crippen MR) is 179 cm³/mol. The first kappa shape index (κ1) is 31.6. The molecule has 0 bridgehead atoms. The molecule has 0 saturated carbocycles. The predicted octanol–water partition coefficient (Wildman–Crippen LogP) is 5.95. The molecule has 238 valence electrons. The van der Waals surface area contributed by atoms with Gasteiger partial charge in [0.15, 0.2) is 11.0 Å². The minimum absolute atomic E-state index is 0.0331. The van der Waals surface area contributed by atoms with Crippen LogP contribution in [0.3, 0.4) is 0 Å². The number of aryl methyl sites for hydroxylation is 1. The Labute approximate surface area is 278 Å². The first-order chi connectivity index (χ1) is 22.8. The van der Waals surface area contributed by atoms with E-state index in [1.807, 2.05) is 77.5 Å². The van der Waals surface area contributed by atoms with Crippen LogP contribution in [0.1, 0.15) is 44.6 Å². The number of ether oxygens (including phenoxy) is 1. The Morgan fingerprint density at radius 2 is 1.85 bits per heavy atom. The van der Waals surface area contributed by atoms with Gasteiger partial charge in [-0.05, 0) is 65.9 Å². The number of carbonyl (C=O) groups excluding carboxylic acids is 2.